The summed E-state index contributed by atoms with van der Waals surface area (Å²) in [6.45, 7) is 18.9. The van der Waals surface area contributed by atoms with Crippen LogP contribution in [0.15, 0.2) is 35.9 Å². The molecule has 5 aliphatic rings. The minimum Gasteiger partial charge on any atom is -0.478 e. The largest absolute Gasteiger partial charge is 0.478 e. The van der Waals surface area contributed by atoms with Crippen LogP contribution in [0, 0.1) is 50.2 Å². The van der Waals surface area contributed by atoms with Crippen molar-refractivity contribution in [3.63, 3.8) is 0 Å². The van der Waals surface area contributed by atoms with Crippen LogP contribution < -0.4 is 0 Å². The van der Waals surface area contributed by atoms with Crippen molar-refractivity contribution in [3.05, 3.63) is 47.0 Å². The summed E-state index contributed by atoms with van der Waals surface area (Å²) in [6.07, 6.45) is 12.8. The number of hydrogen-bond donors (Lipinski definition) is 1. The molecule has 1 aromatic rings. The second kappa shape index (κ2) is 10.0. The Kier molecular flexibility index (Phi) is 7.19. The van der Waals surface area contributed by atoms with Crippen molar-refractivity contribution in [3.8, 4) is 0 Å². The molecule has 0 radical (unpaired) electrons. The number of ether oxygens (including phenoxy) is 1. The molecule has 6 rings (SSSR count). The molecule has 0 aliphatic heterocycles. The number of carbonyl (C=O) groups excluding carboxylic acids is 2. The van der Waals surface area contributed by atoms with Gasteiger partial charge < -0.3 is 9.84 Å². The zero-order valence-electron chi connectivity index (χ0n) is 28.3. The molecule has 4 fully saturated rings. The maximum Gasteiger partial charge on any atom is 0.339 e. The zero-order valence-corrected chi connectivity index (χ0v) is 28.3. The molecule has 1 aromatic carbocycles. The van der Waals surface area contributed by atoms with Gasteiger partial charge in [-0.1, -0.05) is 72.2 Å². The fourth-order valence-electron chi connectivity index (χ4n) is 12.1. The molecule has 44 heavy (non-hydrogen) atoms. The van der Waals surface area contributed by atoms with E-state index in [1.165, 1.54) is 6.07 Å². The summed E-state index contributed by atoms with van der Waals surface area (Å²) in [4.78, 5) is 38.5. The number of benzene rings is 1. The monoisotopic (exact) mass is 602 g/mol. The third-order valence-corrected chi connectivity index (χ3v) is 14.9. The van der Waals surface area contributed by atoms with Crippen LogP contribution in [0.1, 0.15) is 140 Å². The van der Waals surface area contributed by atoms with Crippen molar-refractivity contribution in [1.82, 2.24) is 0 Å². The maximum atomic E-state index is 13.4. The summed E-state index contributed by atoms with van der Waals surface area (Å²) in [6, 6.07) is 6.36. The Morgan fingerprint density at radius 3 is 2.14 bits per heavy atom. The topological polar surface area (TPSA) is 80.7 Å². The quantitative estimate of drug-likeness (QED) is 0.274. The SMILES string of the molecule is CC(=O)[C@]12CCC(C)(C)C[C@H]1C1=CC[C@@H]3[C@@]4(C)CC[C@H](OC(=O)c5ccccc5C(=O)O)C(C)(C)[C@@H]4CC[C@@]3(C)[C@]1(C)CC2. The highest BCUT2D eigenvalue weighted by Gasteiger charge is 2.69. The van der Waals surface area contributed by atoms with Crippen LogP contribution in [0.4, 0.5) is 0 Å². The van der Waals surface area contributed by atoms with Gasteiger partial charge in [0.25, 0.3) is 0 Å². The first-order valence-corrected chi connectivity index (χ1v) is 17.2. The molecular formula is C39H54O5. The van der Waals surface area contributed by atoms with Crippen LogP contribution in [0.5, 0.6) is 0 Å². The van der Waals surface area contributed by atoms with Gasteiger partial charge in [0.05, 0.1) is 11.1 Å². The van der Waals surface area contributed by atoms with E-state index in [-0.39, 0.29) is 49.7 Å². The molecule has 0 heterocycles. The average molecular weight is 603 g/mol. The van der Waals surface area contributed by atoms with E-state index < -0.39 is 11.9 Å². The van der Waals surface area contributed by atoms with Gasteiger partial charge in [0.1, 0.15) is 11.9 Å². The van der Waals surface area contributed by atoms with Crippen LogP contribution in [-0.2, 0) is 9.53 Å². The molecule has 4 saturated carbocycles. The fraction of sp³-hybridized carbons (Fsp3) is 0.718. The molecule has 240 valence electrons. The molecule has 0 amide bonds. The number of ketones is 1. The van der Waals surface area contributed by atoms with Gasteiger partial charge in [0.2, 0.25) is 0 Å². The highest BCUT2D eigenvalue weighted by atomic mass is 16.5. The number of carboxylic acid groups (broad SMARTS) is 1. The van der Waals surface area contributed by atoms with Crippen LogP contribution >= 0.6 is 0 Å². The van der Waals surface area contributed by atoms with Crippen LogP contribution in [0.25, 0.3) is 0 Å². The Labute approximate surface area is 264 Å². The second-order valence-corrected chi connectivity index (χ2v) is 17.5. The number of aromatic carboxylic acids is 1. The molecule has 0 saturated heterocycles. The van der Waals surface area contributed by atoms with Crippen molar-refractivity contribution >= 4 is 17.7 Å². The average Bonchev–Trinajstić information content (AvgIpc) is 2.94. The number of carboxylic acids is 1. The van der Waals surface area contributed by atoms with E-state index in [0.717, 1.165) is 64.2 Å². The lowest BCUT2D eigenvalue weighted by molar-refractivity contribution is -0.203. The molecule has 5 aliphatic carbocycles. The summed E-state index contributed by atoms with van der Waals surface area (Å²) in [7, 11) is 0. The number of Topliss-reactive ketones (excluding diaryl/α,β-unsaturated/α-hetero) is 1. The lowest BCUT2D eigenvalue weighted by atomic mass is 9.33. The molecule has 1 N–H and O–H groups in total. The molecule has 8 atom stereocenters. The predicted molar refractivity (Wildman–Crippen MR) is 172 cm³/mol. The van der Waals surface area contributed by atoms with Crippen LogP contribution in [0.3, 0.4) is 0 Å². The molecule has 0 unspecified atom stereocenters. The van der Waals surface area contributed by atoms with Gasteiger partial charge >= 0.3 is 11.9 Å². The predicted octanol–water partition coefficient (Wildman–Crippen LogP) is 9.30. The number of fused-ring (bicyclic) bond motifs is 7. The van der Waals surface area contributed by atoms with Crippen LogP contribution in [0.2, 0.25) is 0 Å². The Morgan fingerprint density at radius 2 is 1.48 bits per heavy atom. The van der Waals surface area contributed by atoms with E-state index in [4.69, 9.17) is 4.74 Å². The molecule has 0 aromatic heterocycles. The van der Waals surface area contributed by atoms with Gasteiger partial charge in [-0.2, -0.15) is 0 Å². The highest BCUT2D eigenvalue weighted by molar-refractivity contribution is 6.02. The minimum absolute atomic E-state index is 0.00921. The normalized spacial score (nSPS) is 42.0. The third kappa shape index (κ3) is 4.26. The Bertz CT molecular complexity index is 1420. The molecule has 5 heteroatoms. The van der Waals surface area contributed by atoms with E-state index >= 15 is 0 Å². The van der Waals surface area contributed by atoms with Gasteiger partial charge in [-0.3, -0.25) is 4.79 Å². The standard InChI is InChI=1S/C39H54O5/c1-24(40)39-21-19-34(2,3)23-28(39)27-13-14-30-36(6)17-16-31(44-33(43)26-12-10-9-11-25(26)32(41)42)35(4,5)29(36)15-18-38(30,8)37(27,7)20-22-39/h9-13,28-31H,14-23H2,1-8H3,(H,41,42)/t28-,29-,30+,31-,36-,37+,38+,39+/m0/s1. The fourth-order valence-corrected chi connectivity index (χ4v) is 12.1. The number of hydrogen-bond acceptors (Lipinski definition) is 4. The zero-order chi connectivity index (χ0) is 32.1. The van der Waals surface area contributed by atoms with Crippen molar-refractivity contribution in [2.75, 3.05) is 0 Å². The minimum atomic E-state index is -1.11. The molecule has 5 nitrogen and oxygen atoms in total. The Balaban J connectivity index is 1.31. The number of carbonyl (C=O) groups is 3. The smallest absolute Gasteiger partial charge is 0.339 e. The lowest BCUT2D eigenvalue weighted by Crippen LogP contribution is -2.65. The summed E-state index contributed by atoms with van der Waals surface area (Å²) >= 11 is 0. The summed E-state index contributed by atoms with van der Waals surface area (Å²) in [5, 5.41) is 9.65. The van der Waals surface area contributed by atoms with E-state index in [2.05, 4.69) is 54.5 Å². The Morgan fingerprint density at radius 1 is 0.818 bits per heavy atom. The van der Waals surface area contributed by atoms with Gasteiger partial charge in [0, 0.05) is 10.8 Å². The van der Waals surface area contributed by atoms with E-state index in [1.54, 1.807) is 23.8 Å². The van der Waals surface area contributed by atoms with Gasteiger partial charge in [-0.05, 0) is 123 Å². The molecule has 0 spiro atoms. The summed E-state index contributed by atoms with van der Waals surface area (Å²) in [5.41, 5.74) is 1.88. The molecular weight excluding hydrogens is 548 g/mol. The van der Waals surface area contributed by atoms with Crippen molar-refractivity contribution in [1.29, 1.82) is 0 Å². The number of allylic oxidation sites excluding steroid dienone is 2. The lowest BCUT2D eigenvalue weighted by Gasteiger charge is -2.71. The van der Waals surface area contributed by atoms with Crippen molar-refractivity contribution in [2.24, 2.45) is 50.2 Å². The van der Waals surface area contributed by atoms with E-state index in [9.17, 15) is 19.5 Å². The first-order chi connectivity index (χ1) is 20.4. The second-order valence-electron chi connectivity index (χ2n) is 17.5. The first-order valence-electron chi connectivity index (χ1n) is 17.2. The van der Waals surface area contributed by atoms with E-state index in [1.807, 2.05) is 6.92 Å². The van der Waals surface area contributed by atoms with Gasteiger partial charge in [0.15, 0.2) is 0 Å². The maximum absolute atomic E-state index is 13.4. The van der Waals surface area contributed by atoms with Gasteiger partial charge in [-0.25, -0.2) is 9.59 Å². The first kappa shape index (κ1) is 31.5. The summed E-state index contributed by atoms with van der Waals surface area (Å²) < 4.78 is 6.21. The summed E-state index contributed by atoms with van der Waals surface area (Å²) in [5.74, 6) is 0.0251. The van der Waals surface area contributed by atoms with Gasteiger partial charge in [-0.15, -0.1) is 0 Å². The van der Waals surface area contributed by atoms with Crippen LogP contribution in [-0.4, -0.2) is 28.9 Å². The Hall–Kier alpha value is -2.43. The third-order valence-electron chi connectivity index (χ3n) is 14.9. The number of rotatable bonds is 4. The van der Waals surface area contributed by atoms with E-state index in [0.29, 0.717) is 23.5 Å². The van der Waals surface area contributed by atoms with Crippen molar-refractivity contribution in [2.45, 2.75) is 126 Å². The highest BCUT2D eigenvalue weighted by Crippen LogP contribution is 2.76. The van der Waals surface area contributed by atoms with Crippen molar-refractivity contribution < 1.29 is 24.2 Å². The molecule has 0 bridgehead atoms. The number of esters is 1.